The van der Waals surface area contributed by atoms with Gasteiger partial charge in [0.2, 0.25) is 0 Å². The number of fused-ring (bicyclic) bond motifs is 1. The van der Waals surface area contributed by atoms with Gasteiger partial charge in [0.25, 0.3) is 0 Å². The lowest BCUT2D eigenvalue weighted by Crippen LogP contribution is -2.45. The molecule has 2 aromatic rings. The van der Waals surface area contributed by atoms with Crippen molar-refractivity contribution in [1.82, 2.24) is 9.97 Å². The highest BCUT2D eigenvalue weighted by Crippen LogP contribution is 2.34. The summed E-state index contributed by atoms with van der Waals surface area (Å²) in [5.41, 5.74) is 0. The fraction of sp³-hybridized carbons (Fsp3) is 0.600. The van der Waals surface area contributed by atoms with Crippen molar-refractivity contribution in [2.75, 3.05) is 11.1 Å². The van der Waals surface area contributed by atoms with Gasteiger partial charge in [-0.05, 0) is 39.2 Å². The zero-order chi connectivity index (χ0) is 16.0. The lowest BCUT2D eigenvalue weighted by atomic mass is 10.00. The molecule has 1 atom stereocenters. The van der Waals surface area contributed by atoms with E-state index in [9.17, 15) is 8.42 Å². The Labute approximate surface area is 135 Å². The Bertz CT molecular complexity index is 796. The quantitative estimate of drug-likeness (QED) is 0.930. The van der Waals surface area contributed by atoms with Crippen LogP contribution in [0.25, 0.3) is 10.2 Å². The number of sulfone groups is 1. The standard InChI is InChI=1S/C15H21N3O2S2/c1-4-11-7-12-13(16-9-17-14(12)21-11)18-10-5-6-22(19,20)15(2,3)8-10/h7,9-10H,4-6,8H2,1-3H3,(H,16,17,18). The molecule has 0 saturated carbocycles. The van der Waals surface area contributed by atoms with E-state index in [0.717, 1.165) is 22.5 Å². The third-order valence-corrected chi connectivity index (χ3v) is 8.20. The summed E-state index contributed by atoms with van der Waals surface area (Å²) in [6.07, 6.45) is 3.79. The minimum atomic E-state index is -3.00. The number of aromatic nitrogens is 2. The van der Waals surface area contributed by atoms with Gasteiger partial charge in [0.1, 0.15) is 17.0 Å². The second kappa shape index (κ2) is 5.45. The summed E-state index contributed by atoms with van der Waals surface area (Å²) in [6, 6.07) is 2.26. The molecule has 0 amide bonds. The predicted molar refractivity (Wildman–Crippen MR) is 91.3 cm³/mol. The molecule has 0 aromatic carbocycles. The predicted octanol–water partition coefficient (Wildman–Crippen LogP) is 3.02. The number of rotatable bonds is 3. The van der Waals surface area contributed by atoms with Crippen LogP contribution in [0.4, 0.5) is 5.82 Å². The number of thiophene rings is 1. The lowest BCUT2D eigenvalue weighted by Gasteiger charge is -2.35. The molecule has 1 aliphatic heterocycles. The van der Waals surface area contributed by atoms with Crippen LogP contribution in [-0.4, -0.2) is 34.9 Å². The van der Waals surface area contributed by atoms with Crippen molar-refractivity contribution in [2.24, 2.45) is 0 Å². The number of nitrogens with zero attached hydrogens (tertiary/aromatic N) is 2. The van der Waals surface area contributed by atoms with Crippen molar-refractivity contribution >= 4 is 37.2 Å². The van der Waals surface area contributed by atoms with Crippen LogP contribution < -0.4 is 5.32 Å². The maximum atomic E-state index is 12.1. The lowest BCUT2D eigenvalue weighted by molar-refractivity contribution is 0.462. The minimum Gasteiger partial charge on any atom is -0.367 e. The van der Waals surface area contributed by atoms with Crippen molar-refractivity contribution in [2.45, 2.75) is 50.8 Å². The first-order chi connectivity index (χ1) is 10.3. The van der Waals surface area contributed by atoms with E-state index in [2.05, 4.69) is 28.3 Å². The Morgan fingerprint density at radius 3 is 2.86 bits per heavy atom. The number of aryl methyl sites for hydroxylation is 1. The highest BCUT2D eigenvalue weighted by molar-refractivity contribution is 7.92. The number of hydrogen-bond acceptors (Lipinski definition) is 6. The van der Waals surface area contributed by atoms with Crippen molar-refractivity contribution in [1.29, 1.82) is 0 Å². The van der Waals surface area contributed by atoms with E-state index in [-0.39, 0.29) is 11.8 Å². The van der Waals surface area contributed by atoms with Gasteiger partial charge in [-0.2, -0.15) is 0 Å². The number of hydrogen-bond donors (Lipinski definition) is 1. The molecular weight excluding hydrogens is 318 g/mol. The maximum absolute atomic E-state index is 12.1. The van der Waals surface area contributed by atoms with Gasteiger partial charge < -0.3 is 5.32 Å². The van der Waals surface area contributed by atoms with Crippen LogP contribution in [0, 0.1) is 0 Å². The Kier molecular flexibility index (Phi) is 3.89. The molecule has 0 radical (unpaired) electrons. The topological polar surface area (TPSA) is 72.0 Å². The molecule has 7 heteroatoms. The first kappa shape index (κ1) is 15.7. The second-order valence-electron chi connectivity index (χ2n) is 6.42. The van der Waals surface area contributed by atoms with E-state index < -0.39 is 14.6 Å². The molecule has 3 rings (SSSR count). The van der Waals surface area contributed by atoms with Gasteiger partial charge in [-0.1, -0.05) is 6.92 Å². The molecule has 1 unspecified atom stereocenters. The van der Waals surface area contributed by atoms with Crippen LogP contribution in [0.3, 0.4) is 0 Å². The van der Waals surface area contributed by atoms with Crippen LogP contribution in [0.2, 0.25) is 0 Å². The molecule has 22 heavy (non-hydrogen) atoms. The molecule has 0 aliphatic carbocycles. The SMILES string of the molecule is CCc1cc2c(NC3CCS(=O)(=O)C(C)(C)C3)ncnc2s1. The van der Waals surface area contributed by atoms with E-state index in [1.54, 1.807) is 17.7 Å². The van der Waals surface area contributed by atoms with E-state index in [4.69, 9.17) is 0 Å². The van der Waals surface area contributed by atoms with E-state index >= 15 is 0 Å². The Balaban J connectivity index is 1.86. The van der Waals surface area contributed by atoms with Crippen molar-refractivity contribution in [3.63, 3.8) is 0 Å². The second-order valence-corrected chi connectivity index (χ2v) is 10.3. The fourth-order valence-corrected chi connectivity index (χ4v) is 5.44. The zero-order valence-corrected chi connectivity index (χ0v) is 14.7. The third kappa shape index (κ3) is 2.72. The van der Waals surface area contributed by atoms with Crippen LogP contribution in [0.5, 0.6) is 0 Å². The smallest absolute Gasteiger partial charge is 0.155 e. The molecule has 3 heterocycles. The summed E-state index contributed by atoms with van der Waals surface area (Å²) in [6.45, 7) is 5.75. The van der Waals surface area contributed by atoms with E-state index in [1.165, 1.54) is 4.88 Å². The average molecular weight is 339 g/mol. The van der Waals surface area contributed by atoms with Gasteiger partial charge >= 0.3 is 0 Å². The normalized spacial score (nSPS) is 23.5. The average Bonchev–Trinajstić information content (AvgIpc) is 2.87. The van der Waals surface area contributed by atoms with Crippen molar-refractivity contribution in [3.05, 3.63) is 17.3 Å². The summed E-state index contributed by atoms with van der Waals surface area (Å²) in [5, 5.41) is 4.48. The third-order valence-electron chi connectivity index (χ3n) is 4.38. The molecular formula is C15H21N3O2S2. The van der Waals surface area contributed by atoms with Gasteiger partial charge in [0.05, 0.1) is 15.9 Å². The Hall–Kier alpha value is -1.21. The van der Waals surface area contributed by atoms with Gasteiger partial charge in [-0.15, -0.1) is 11.3 Å². The fourth-order valence-electron chi connectivity index (χ4n) is 2.91. The summed E-state index contributed by atoms with van der Waals surface area (Å²) in [5.74, 6) is 1.05. The summed E-state index contributed by atoms with van der Waals surface area (Å²) >= 11 is 1.69. The Morgan fingerprint density at radius 1 is 1.41 bits per heavy atom. The molecule has 1 aliphatic rings. The molecule has 1 N–H and O–H groups in total. The van der Waals surface area contributed by atoms with Crippen LogP contribution in [0.1, 0.15) is 38.5 Å². The largest absolute Gasteiger partial charge is 0.367 e. The first-order valence-electron chi connectivity index (χ1n) is 7.54. The van der Waals surface area contributed by atoms with Crippen LogP contribution >= 0.6 is 11.3 Å². The zero-order valence-electron chi connectivity index (χ0n) is 13.1. The van der Waals surface area contributed by atoms with E-state index in [1.807, 2.05) is 13.8 Å². The summed E-state index contributed by atoms with van der Waals surface area (Å²) in [7, 11) is -3.00. The number of anilines is 1. The summed E-state index contributed by atoms with van der Waals surface area (Å²) < 4.78 is 23.5. The first-order valence-corrected chi connectivity index (χ1v) is 10.0. The highest BCUT2D eigenvalue weighted by atomic mass is 32.2. The molecule has 5 nitrogen and oxygen atoms in total. The minimum absolute atomic E-state index is 0.126. The molecule has 0 spiro atoms. The molecule has 120 valence electrons. The van der Waals surface area contributed by atoms with Gasteiger partial charge in [0.15, 0.2) is 9.84 Å². The van der Waals surface area contributed by atoms with E-state index in [0.29, 0.717) is 12.8 Å². The Morgan fingerprint density at radius 2 is 2.18 bits per heavy atom. The van der Waals surface area contributed by atoms with Gasteiger partial charge in [-0.3, -0.25) is 0 Å². The van der Waals surface area contributed by atoms with Crippen molar-refractivity contribution in [3.8, 4) is 0 Å². The molecule has 1 fully saturated rings. The van der Waals surface area contributed by atoms with Crippen molar-refractivity contribution < 1.29 is 8.42 Å². The molecule has 1 saturated heterocycles. The van der Waals surface area contributed by atoms with Crippen LogP contribution in [-0.2, 0) is 16.3 Å². The summed E-state index contributed by atoms with van der Waals surface area (Å²) in [4.78, 5) is 11.0. The van der Waals surface area contributed by atoms with Crippen LogP contribution in [0.15, 0.2) is 12.4 Å². The van der Waals surface area contributed by atoms with Gasteiger partial charge in [0, 0.05) is 10.9 Å². The number of nitrogens with one attached hydrogen (secondary N) is 1. The molecule has 2 aromatic heterocycles. The monoisotopic (exact) mass is 339 g/mol. The van der Waals surface area contributed by atoms with Gasteiger partial charge in [-0.25, -0.2) is 18.4 Å². The maximum Gasteiger partial charge on any atom is 0.155 e. The molecule has 0 bridgehead atoms. The highest BCUT2D eigenvalue weighted by Gasteiger charge is 2.41.